The van der Waals surface area contributed by atoms with Gasteiger partial charge in [-0.25, -0.2) is 0 Å². The Balaban J connectivity index is 1.67. The Kier molecular flexibility index (Phi) is 5.51. The molecule has 0 aliphatic rings. The molecule has 4 rings (SSSR count). The fraction of sp³-hybridized carbons (Fsp3) is 0.125. The molecule has 162 valence electrons. The fourth-order valence-electron chi connectivity index (χ4n) is 3.41. The van der Waals surface area contributed by atoms with Crippen LogP contribution in [-0.2, 0) is 0 Å². The van der Waals surface area contributed by atoms with Gasteiger partial charge in [0, 0.05) is 22.7 Å². The van der Waals surface area contributed by atoms with Crippen molar-refractivity contribution in [2.75, 3.05) is 5.32 Å². The first-order chi connectivity index (χ1) is 15.3. The van der Waals surface area contributed by atoms with Crippen molar-refractivity contribution in [3.63, 3.8) is 0 Å². The number of aromatic amines is 1. The fourth-order valence-corrected chi connectivity index (χ4v) is 3.41. The van der Waals surface area contributed by atoms with E-state index in [0.29, 0.717) is 34.0 Å². The van der Waals surface area contributed by atoms with Crippen LogP contribution in [0.3, 0.4) is 0 Å². The van der Waals surface area contributed by atoms with Gasteiger partial charge < -0.3 is 20.8 Å². The van der Waals surface area contributed by atoms with Gasteiger partial charge in [-0.15, -0.1) is 0 Å². The summed E-state index contributed by atoms with van der Waals surface area (Å²) in [7, 11) is 0. The third-order valence-corrected chi connectivity index (χ3v) is 4.82. The molecule has 0 saturated heterocycles. The van der Waals surface area contributed by atoms with Gasteiger partial charge in [-0.3, -0.25) is 19.6 Å². The Morgan fingerprint density at radius 3 is 2.53 bits per heavy atom. The number of nitrogen functional groups attached to an aromatic ring is 1. The highest BCUT2D eigenvalue weighted by Gasteiger charge is 2.14. The van der Waals surface area contributed by atoms with Crippen LogP contribution in [0, 0.1) is 5.41 Å². The first-order valence-electron chi connectivity index (χ1n) is 10.1. The standard InChI is InChI=1S/C24H23N5O3/c1-14(2)32-19-9-7-18(8-10-19)29-21(30)11-6-16-13-20(28-23(16)29)24(31)27-17-5-3-4-15(12-17)22(25)26/h3-14,28H,1-2H3,(H3,25,26)(H,27,31). The number of hydrogen-bond acceptors (Lipinski definition) is 4. The Bertz CT molecular complexity index is 1370. The molecule has 0 bridgehead atoms. The maximum atomic E-state index is 12.8. The van der Waals surface area contributed by atoms with Gasteiger partial charge in [0.1, 0.15) is 22.9 Å². The van der Waals surface area contributed by atoms with Gasteiger partial charge in [0.2, 0.25) is 0 Å². The molecule has 0 fully saturated rings. The summed E-state index contributed by atoms with van der Waals surface area (Å²) < 4.78 is 7.18. The summed E-state index contributed by atoms with van der Waals surface area (Å²) in [5.74, 6) is 0.255. The van der Waals surface area contributed by atoms with E-state index in [2.05, 4.69) is 10.3 Å². The highest BCUT2D eigenvalue weighted by atomic mass is 16.5. The summed E-state index contributed by atoms with van der Waals surface area (Å²) in [5.41, 5.74) is 7.78. The quantitative estimate of drug-likeness (QED) is 0.276. The van der Waals surface area contributed by atoms with Crippen LogP contribution in [0.15, 0.2) is 71.5 Å². The number of fused-ring (bicyclic) bond motifs is 1. The van der Waals surface area contributed by atoms with E-state index in [9.17, 15) is 9.59 Å². The van der Waals surface area contributed by atoms with Crippen molar-refractivity contribution < 1.29 is 9.53 Å². The van der Waals surface area contributed by atoms with Crippen LogP contribution in [-0.4, -0.2) is 27.4 Å². The molecule has 2 heterocycles. The van der Waals surface area contributed by atoms with Crippen molar-refractivity contribution in [1.82, 2.24) is 9.55 Å². The van der Waals surface area contributed by atoms with Crippen LogP contribution in [0.1, 0.15) is 29.9 Å². The summed E-state index contributed by atoms with van der Waals surface area (Å²) in [6.07, 6.45) is 0.0487. The van der Waals surface area contributed by atoms with E-state index in [1.54, 1.807) is 60.7 Å². The topological polar surface area (TPSA) is 126 Å². The molecule has 32 heavy (non-hydrogen) atoms. The van der Waals surface area contributed by atoms with E-state index in [-0.39, 0.29) is 23.4 Å². The van der Waals surface area contributed by atoms with Gasteiger partial charge in [0.05, 0.1) is 11.8 Å². The zero-order chi connectivity index (χ0) is 22.8. The molecule has 4 aromatic rings. The summed E-state index contributed by atoms with van der Waals surface area (Å²) in [5, 5.41) is 11.0. The normalized spacial score (nSPS) is 11.0. The summed E-state index contributed by atoms with van der Waals surface area (Å²) in [6, 6.07) is 18.8. The predicted molar refractivity (Wildman–Crippen MR) is 125 cm³/mol. The lowest BCUT2D eigenvalue weighted by molar-refractivity contribution is 0.102. The number of benzene rings is 2. The summed E-state index contributed by atoms with van der Waals surface area (Å²) >= 11 is 0. The number of carbonyl (C=O) groups is 1. The van der Waals surface area contributed by atoms with E-state index >= 15 is 0 Å². The number of ether oxygens (including phenoxy) is 1. The molecule has 0 unspecified atom stereocenters. The summed E-state index contributed by atoms with van der Waals surface area (Å²) in [6.45, 7) is 3.89. The number of anilines is 1. The second-order valence-corrected chi connectivity index (χ2v) is 7.60. The molecule has 8 nitrogen and oxygen atoms in total. The average molecular weight is 429 g/mol. The minimum atomic E-state index is -0.374. The van der Waals surface area contributed by atoms with Crippen LogP contribution in [0.2, 0.25) is 0 Å². The number of pyridine rings is 1. The number of amides is 1. The van der Waals surface area contributed by atoms with Crippen molar-refractivity contribution in [3.05, 3.63) is 88.3 Å². The third-order valence-electron chi connectivity index (χ3n) is 4.82. The second kappa shape index (κ2) is 8.43. The molecule has 0 aliphatic heterocycles. The Morgan fingerprint density at radius 1 is 1.09 bits per heavy atom. The highest BCUT2D eigenvalue weighted by Crippen LogP contribution is 2.21. The van der Waals surface area contributed by atoms with Gasteiger partial charge in [-0.1, -0.05) is 12.1 Å². The first kappa shape index (κ1) is 20.9. The molecule has 1 amide bonds. The lowest BCUT2D eigenvalue weighted by atomic mass is 10.2. The Labute approximate surface area is 184 Å². The number of carbonyl (C=O) groups excluding carboxylic acids is 1. The van der Waals surface area contributed by atoms with Gasteiger partial charge in [-0.05, 0) is 62.4 Å². The molecule has 0 radical (unpaired) electrons. The van der Waals surface area contributed by atoms with Crippen LogP contribution in [0.25, 0.3) is 16.7 Å². The van der Waals surface area contributed by atoms with E-state index in [0.717, 1.165) is 5.39 Å². The third kappa shape index (κ3) is 4.24. The van der Waals surface area contributed by atoms with E-state index in [1.807, 2.05) is 13.8 Å². The van der Waals surface area contributed by atoms with Crippen LogP contribution < -0.4 is 21.3 Å². The highest BCUT2D eigenvalue weighted by molar-refractivity contribution is 6.06. The largest absolute Gasteiger partial charge is 0.491 e. The van der Waals surface area contributed by atoms with Crippen molar-refractivity contribution >= 4 is 28.5 Å². The molecule has 0 aliphatic carbocycles. The van der Waals surface area contributed by atoms with Crippen LogP contribution >= 0.6 is 0 Å². The first-order valence-corrected chi connectivity index (χ1v) is 10.1. The number of H-pyrrole nitrogens is 1. The van der Waals surface area contributed by atoms with E-state index < -0.39 is 0 Å². The number of nitrogens with one attached hydrogen (secondary N) is 3. The minimum absolute atomic E-state index is 0.0487. The summed E-state index contributed by atoms with van der Waals surface area (Å²) in [4.78, 5) is 28.5. The molecule has 0 atom stereocenters. The minimum Gasteiger partial charge on any atom is -0.491 e. The van der Waals surface area contributed by atoms with Crippen LogP contribution in [0.4, 0.5) is 5.69 Å². The number of aromatic nitrogens is 2. The monoisotopic (exact) mass is 429 g/mol. The zero-order valence-corrected chi connectivity index (χ0v) is 17.7. The van der Waals surface area contributed by atoms with Gasteiger partial charge in [0.25, 0.3) is 11.5 Å². The van der Waals surface area contributed by atoms with Crippen molar-refractivity contribution in [3.8, 4) is 11.4 Å². The molecule has 0 saturated carbocycles. The number of nitrogens with two attached hydrogens (primary N) is 1. The Hall–Kier alpha value is -4.33. The van der Waals surface area contributed by atoms with Crippen LogP contribution in [0.5, 0.6) is 5.75 Å². The second-order valence-electron chi connectivity index (χ2n) is 7.60. The predicted octanol–water partition coefficient (Wildman–Crippen LogP) is 3.64. The van der Waals surface area contributed by atoms with Crippen molar-refractivity contribution in [2.24, 2.45) is 5.73 Å². The maximum absolute atomic E-state index is 12.8. The molecule has 2 aromatic heterocycles. The molecular weight excluding hydrogens is 406 g/mol. The van der Waals surface area contributed by atoms with Crippen molar-refractivity contribution in [1.29, 1.82) is 5.41 Å². The molecular formula is C24H23N5O3. The number of nitrogens with zero attached hydrogens (tertiary/aromatic N) is 1. The van der Waals surface area contributed by atoms with E-state index in [4.69, 9.17) is 15.9 Å². The number of amidine groups is 1. The molecule has 8 heteroatoms. The zero-order valence-electron chi connectivity index (χ0n) is 17.7. The molecule has 5 N–H and O–H groups in total. The Morgan fingerprint density at radius 2 is 1.84 bits per heavy atom. The van der Waals surface area contributed by atoms with Gasteiger partial charge in [-0.2, -0.15) is 0 Å². The number of hydrogen-bond donors (Lipinski definition) is 4. The van der Waals surface area contributed by atoms with E-state index in [1.165, 1.54) is 10.6 Å². The lowest BCUT2D eigenvalue weighted by Crippen LogP contribution is -2.18. The molecule has 0 spiro atoms. The number of rotatable bonds is 6. The van der Waals surface area contributed by atoms with Crippen molar-refractivity contribution in [2.45, 2.75) is 20.0 Å². The SMILES string of the molecule is CC(C)Oc1ccc(-n2c(=O)ccc3cc(C(=O)Nc4cccc(C(=N)N)c4)[nH]c32)cc1. The van der Waals surface area contributed by atoms with Gasteiger partial charge in [0.15, 0.2) is 0 Å². The maximum Gasteiger partial charge on any atom is 0.272 e. The smallest absolute Gasteiger partial charge is 0.272 e. The lowest BCUT2D eigenvalue weighted by Gasteiger charge is -2.11. The molecule has 2 aromatic carbocycles. The van der Waals surface area contributed by atoms with Gasteiger partial charge >= 0.3 is 0 Å². The average Bonchev–Trinajstić information content (AvgIpc) is 3.19.